The van der Waals surface area contributed by atoms with Crippen LogP contribution in [0.4, 0.5) is 13.2 Å². The zero-order valence-corrected chi connectivity index (χ0v) is 10.6. The molecule has 2 nitrogen and oxygen atoms in total. The molecular formula is C15H11F3O2. The van der Waals surface area contributed by atoms with E-state index in [0.29, 0.717) is 11.3 Å². The summed E-state index contributed by atoms with van der Waals surface area (Å²) in [5.74, 6) is -2.30. The van der Waals surface area contributed by atoms with Gasteiger partial charge in [0.15, 0.2) is 6.61 Å². The van der Waals surface area contributed by atoms with Crippen molar-refractivity contribution in [3.05, 3.63) is 65.0 Å². The van der Waals surface area contributed by atoms with E-state index in [0.717, 1.165) is 18.2 Å². The van der Waals surface area contributed by atoms with Crippen molar-refractivity contribution in [2.75, 3.05) is 6.61 Å². The molecule has 0 radical (unpaired) electrons. The van der Waals surface area contributed by atoms with E-state index in [-0.39, 0.29) is 5.56 Å². The third kappa shape index (κ3) is 3.17. The Hall–Kier alpha value is -2.30. The van der Waals surface area contributed by atoms with Gasteiger partial charge in [0.25, 0.3) is 0 Å². The smallest absolute Gasteiger partial charge is 0.203 e. The Bertz CT molecular complexity index is 654. The fourth-order valence-electron chi connectivity index (χ4n) is 1.71. The highest BCUT2D eigenvalue weighted by Gasteiger charge is 2.14. The first-order valence-electron chi connectivity index (χ1n) is 5.84. The molecule has 0 aliphatic rings. The van der Waals surface area contributed by atoms with Crippen molar-refractivity contribution >= 4 is 5.78 Å². The monoisotopic (exact) mass is 280 g/mol. The molecular weight excluding hydrogens is 269 g/mol. The molecule has 20 heavy (non-hydrogen) atoms. The number of Topliss-reactive ketones (excluding diaryl/α,β-unsaturated/α-hetero) is 1. The molecule has 0 unspecified atom stereocenters. The molecule has 0 bridgehead atoms. The summed E-state index contributed by atoms with van der Waals surface area (Å²) in [4.78, 5) is 11.8. The fourth-order valence-corrected chi connectivity index (χ4v) is 1.71. The minimum atomic E-state index is -0.809. The summed E-state index contributed by atoms with van der Waals surface area (Å²) in [6.45, 7) is 1.17. The van der Waals surface area contributed by atoms with Gasteiger partial charge in [0.05, 0.1) is 5.56 Å². The molecule has 2 rings (SSSR count). The van der Waals surface area contributed by atoms with Crippen LogP contribution >= 0.6 is 0 Å². The van der Waals surface area contributed by atoms with Crippen LogP contribution in [0, 0.1) is 24.4 Å². The minimum absolute atomic E-state index is 0.316. The Morgan fingerprint density at radius 2 is 1.70 bits per heavy atom. The minimum Gasteiger partial charge on any atom is -0.485 e. The number of carbonyl (C=O) groups is 1. The van der Waals surface area contributed by atoms with Crippen molar-refractivity contribution in [1.82, 2.24) is 0 Å². The summed E-state index contributed by atoms with van der Waals surface area (Å²) < 4.78 is 44.5. The number of halogens is 3. The van der Waals surface area contributed by atoms with Gasteiger partial charge in [-0.25, -0.2) is 13.2 Å². The normalized spacial score (nSPS) is 10.4. The average molecular weight is 280 g/mol. The van der Waals surface area contributed by atoms with Crippen LogP contribution in [-0.2, 0) is 0 Å². The second-order valence-electron chi connectivity index (χ2n) is 4.25. The number of hydrogen-bond donors (Lipinski definition) is 0. The number of ether oxygens (including phenoxy) is 1. The zero-order chi connectivity index (χ0) is 14.7. The van der Waals surface area contributed by atoms with Gasteiger partial charge >= 0.3 is 0 Å². The lowest BCUT2D eigenvalue weighted by atomic mass is 10.1. The van der Waals surface area contributed by atoms with Gasteiger partial charge in [-0.3, -0.25) is 4.79 Å². The topological polar surface area (TPSA) is 26.3 Å². The first-order valence-corrected chi connectivity index (χ1v) is 5.84. The number of hydrogen-bond acceptors (Lipinski definition) is 2. The second kappa shape index (κ2) is 5.77. The van der Waals surface area contributed by atoms with E-state index in [1.807, 2.05) is 0 Å². The Morgan fingerprint density at radius 1 is 1.05 bits per heavy atom. The summed E-state index contributed by atoms with van der Waals surface area (Å²) in [5.41, 5.74) is 0.141. The van der Waals surface area contributed by atoms with Crippen LogP contribution in [0.3, 0.4) is 0 Å². The molecule has 0 atom stereocenters. The first-order chi connectivity index (χ1) is 9.47. The van der Waals surface area contributed by atoms with Crippen LogP contribution in [0.5, 0.6) is 5.75 Å². The number of aryl methyl sites for hydroxylation is 1. The van der Waals surface area contributed by atoms with E-state index in [4.69, 9.17) is 4.74 Å². The highest BCUT2D eigenvalue weighted by Crippen LogP contribution is 2.19. The average Bonchev–Trinajstić information content (AvgIpc) is 2.40. The predicted octanol–water partition coefficient (Wildman–Crippen LogP) is 3.67. The third-order valence-corrected chi connectivity index (χ3v) is 2.72. The quantitative estimate of drug-likeness (QED) is 0.799. The van der Waals surface area contributed by atoms with Crippen LogP contribution in [0.15, 0.2) is 36.4 Å². The standard InChI is InChI=1S/C15H11F3O2/c1-9-6-10(16)3-5-15(9)20-8-14(19)12-7-11(17)2-4-13(12)18/h2-7H,8H2,1H3. The highest BCUT2D eigenvalue weighted by atomic mass is 19.1. The molecule has 2 aromatic rings. The molecule has 0 aliphatic heterocycles. The van der Waals surface area contributed by atoms with Crippen LogP contribution in [0.1, 0.15) is 15.9 Å². The maximum atomic E-state index is 13.4. The first kappa shape index (κ1) is 14.1. The van der Waals surface area contributed by atoms with Gasteiger partial charge in [0, 0.05) is 0 Å². The lowest BCUT2D eigenvalue weighted by molar-refractivity contribution is 0.0916. The molecule has 0 saturated heterocycles. The number of ketones is 1. The van der Waals surface area contributed by atoms with Gasteiger partial charge in [-0.1, -0.05) is 0 Å². The lowest BCUT2D eigenvalue weighted by Gasteiger charge is -2.09. The van der Waals surface area contributed by atoms with E-state index < -0.39 is 29.8 Å². The van der Waals surface area contributed by atoms with Crippen LogP contribution in [0.2, 0.25) is 0 Å². The molecule has 0 heterocycles. The van der Waals surface area contributed by atoms with Crippen LogP contribution < -0.4 is 4.74 Å². The Balaban J connectivity index is 2.10. The molecule has 0 spiro atoms. The number of carbonyl (C=O) groups excluding carboxylic acids is 1. The summed E-state index contributed by atoms with van der Waals surface area (Å²) in [5, 5.41) is 0. The molecule has 0 fully saturated rings. The maximum absolute atomic E-state index is 13.4. The predicted molar refractivity (Wildman–Crippen MR) is 67.3 cm³/mol. The van der Waals surface area contributed by atoms with Gasteiger partial charge in [0.1, 0.15) is 23.2 Å². The molecule has 104 valence electrons. The van der Waals surface area contributed by atoms with Crippen molar-refractivity contribution < 1.29 is 22.7 Å². The zero-order valence-electron chi connectivity index (χ0n) is 10.6. The van der Waals surface area contributed by atoms with Crippen molar-refractivity contribution in [2.45, 2.75) is 6.92 Å². The van der Waals surface area contributed by atoms with E-state index in [1.165, 1.54) is 18.2 Å². The Labute approximate surface area is 113 Å². The highest BCUT2D eigenvalue weighted by molar-refractivity contribution is 5.97. The SMILES string of the molecule is Cc1cc(F)ccc1OCC(=O)c1cc(F)ccc1F. The summed E-state index contributed by atoms with van der Waals surface area (Å²) >= 11 is 0. The van der Waals surface area contributed by atoms with E-state index >= 15 is 0 Å². The van der Waals surface area contributed by atoms with Gasteiger partial charge in [-0.05, 0) is 48.9 Å². The molecule has 0 amide bonds. The van der Waals surface area contributed by atoms with E-state index in [9.17, 15) is 18.0 Å². The third-order valence-electron chi connectivity index (χ3n) is 2.72. The van der Waals surface area contributed by atoms with E-state index in [1.54, 1.807) is 6.92 Å². The van der Waals surface area contributed by atoms with Crippen LogP contribution in [0.25, 0.3) is 0 Å². The molecule has 0 aliphatic carbocycles. The van der Waals surface area contributed by atoms with E-state index in [2.05, 4.69) is 0 Å². The fraction of sp³-hybridized carbons (Fsp3) is 0.133. The van der Waals surface area contributed by atoms with Gasteiger partial charge in [-0.15, -0.1) is 0 Å². The number of benzene rings is 2. The lowest BCUT2D eigenvalue weighted by Crippen LogP contribution is -2.14. The van der Waals surface area contributed by atoms with Gasteiger partial charge < -0.3 is 4.74 Å². The van der Waals surface area contributed by atoms with Gasteiger partial charge in [0.2, 0.25) is 5.78 Å². The molecule has 0 saturated carbocycles. The van der Waals surface area contributed by atoms with Crippen molar-refractivity contribution in [3.8, 4) is 5.75 Å². The number of rotatable bonds is 4. The van der Waals surface area contributed by atoms with Crippen molar-refractivity contribution in [2.24, 2.45) is 0 Å². The van der Waals surface area contributed by atoms with Crippen LogP contribution in [-0.4, -0.2) is 12.4 Å². The maximum Gasteiger partial charge on any atom is 0.203 e. The Kier molecular flexibility index (Phi) is 4.08. The molecule has 2 aromatic carbocycles. The van der Waals surface area contributed by atoms with Gasteiger partial charge in [-0.2, -0.15) is 0 Å². The summed E-state index contributed by atoms with van der Waals surface area (Å²) in [6, 6.07) is 6.44. The Morgan fingerprint density at radius 3 is 2.40 bits per heavy atom. The molecule has 0 aromatic heterocycles. The molecule has 5 heteroatoms. The summed E-state index contributed by atoms with van der Waals surface area (Å²) in [6.07, 6.45) is 0. The second-order valence-corrected chi connectivity index (χ2v) is 4.25. The van der Waals surface area contributed by atoms with Crippen molar-refractivity contribution in [3.63, 3.8) is 0 Å². The largest absolute Gasteiger partial charge is 0.485 e. The molecule has 0 N–H and O–H groups in total. The van der Waals surface area contributed by atoms with Crippen molar-refractivity contribution in [1.29, 1.82) is 0 Å². The summed E-state index contributed by atoms with van der Waals surface area (Å²) in [7, 11) is 0.